The van der Waals surface area contributed by atoms with Crippen LogP contribution in [-0.4, -0.2) is 34.0 Å². The number of halogens is 1. The Morgan fingerprint density at radius 3 is 2.78 bits per heavy atom. The molecule has 0 fully saturated rings. The summed E-state index contributed by atoms with van der Waals surface area (Å²) < 4.78 is 20.8. The van der Waals surface area contributed by atoms with Crippen molar-refractivity contribution < 1.29 is 13.9 Å². The zero-order valence-electron chi connectivity index (χ0n) is 17.4. The van der Waals surface area contributed by atoms with Crippen LogP contribution in [-0.2, 0) is 19.5 Å². The van der Waals surface area contributed by atoms with Gasteiger partial charge in [0.15, 0.2) is 0 Å². The van der Waals surface area contributed by atoms with Crippen molar-refractivity contribution in [2.75, 3.05) is 13.7 Å². The molecule has 1 aliphatic heterocycles. The number of amides is 1. The molecule has 5 rings (SSSR count). The van der Waals surface area contributed by atoms with Crippen LogP contribution in [0.25, 0.3) is 10.2 Å². The predicted molar refractivity (Wildman–Crippen MR) is 121 cm³/mol. The zero-order valence-corrected chi connectivity index (χ0v) is 18.2. The Kier molecular flexibility index (Phi) is 5.22. The molecule has 8 heteroatoms. The van der Waals surface area contributed by atoms with E-state index in [2.05, 4.69) is 4.98 Å². The normalized spacial score (nSPS) is 13.2. The average molecular weight is 450 g/mol. The van der Waals surface area contributed by atoms with Crippen LogP contribution in [0.4, 0.5) is 4.39 Å². The van der Waals surface area contributed by atoms with E-state index in [1.54, 1.807) is 42.3 Å². The third-order valence-corrected chi connectivity index (χ3v) is 6.88. The summed E-state index contributed by atoms with van der Waals surface area (Å²) in [6, 6.07) is 13.6. The van der Waals surface area contributed by atoms with Crippen LogP contribution in [0.15, 0.2) is 59.7 Å². The average Bonchev–Trinajstić information content (AvgIpc) is 3.20. The second-order valence-corrected chi connectivity index (χ2v) is 8.71. The van der Waals surface area contributed by atoms with Crippen LogP contribution >= 0.6 is 11.3 Å². The molecule has 2 aromatic heterocycles. The highest BCUT2D eigenvalue weighted by Gasteiger charge is 2.28. The molecule has 0 N–H and O–H groups in total. The molecule has 0 atom stereocenters. The Bertz CT molecular complexity index is 1400. The van der Waals surface area contributed by atoms with Crippen LogP contribution in [0.2, 0.25) is 0 Å². The molecule has 6 nitrogen and oxygen atoms in total. The minimum atomic E-state index is -0.350. The standard InChI is InChI=1S/C24H20FN3O3S/c1-31-19-9-5-3-7-16(19)23(29)27-11-10-17-20(13-27)32-22-21(17)24(30)28(14-26-22)12-15-6-2-4-8-18(15)25/h2-9,14H,10-13H2,1H3. The fourth-order valence-electron chi connectivity index (χ4n) is 4.11. The summed E-state index contributed by atoms with van der Waals surface area (Å²) in [6.07, 6.45) is 2.04. The minimum absolute atomic E-state index is 0.101. The van der Waals surface area contributed by atoms with E-state index in [1.807, 2.05) is 12.1 Å². The molecule has 0 saturated heterocycles. The Hall–Kier alpha value is -3.52. The van der Waals surface area contributed by atoms with Gasteiger partial charge in [-0.3, -0.25) is 14.2 Å². The summed E-state index contributed by atoms with van der Waals surface area (Å²) in [7, 11) is 1.55. The molecular formula is C24H20FN3O3S. The molecule has 162 valence electrons. The van der Waals surface area contributed by atoms with E-state index in [9.17, 15) is 14.0 Å². The Labute approximate surface area is 187 Å². The van der Waals surface area contributed by atoms with Gasteiger partial charge in [-0.2, -0.15) is 0 Å². The molecule has 0 unspecified atom stereocenters. The van der Waals surface area contributed by atoms with E-state index in [4.69, 9.17) is 4.74 Å². The van der Waals surface area contributed by atoms with Gasteiger partial charge in [0.05, 0.1) is 37.5 Å². The van der Waals surface area contributed by atoms with Crippen molar-refractivity contribution in [2.24, 2.45) is 0 Å². The Balaban J connectivity index is 1.47. The van der Waals surface area contributed by atoms with Crippen molar-refractivity contribution in [2.45, 2.75) is 19.5 Å². The number of fused-ring (bicyclic) bond motifs is 3. The van der Waals surface area contributed by atoms with Gasteiger partial charge in [0.25, 0.3) is 11.5 Å². The SMILES string of the molecule is COc1ccccc1C(=O)N1CCc2c(sc3ncn(Cc4ccccc4F)c(=O)c23)C1. The summed E-state index contributed by atoms with van der Waals surface area (Å²) in [4.78, 5) is 34.1. The van der Waals surface area contributed by atoms with E-state index in [1.165, 1.54) is 28.3 Å². The predicted octanol–water partition coefficient (Wildman–Crippen LogP) is 3.85. The number of carbonyl (C=O) groups is 1. The first-order valence-corrected chi connectivity index (χ1v) is 11.0. The van der Waals surface area contributed by atoms with Gasteiger partial charge in [-0.1, -0.05) is 30.3 Å². The molecular weight excluding hydrogens is 429 g/mol. The number of rotatable bonds is 4. The number of aromatic nitrogens is 2. The van der Waals surface area contributed by atoms with Gasteiger partial charge in [-0.15, -0.1) is 11.3 Å². The van der Waals surface area contributed by atoms with Gasteiger partial charge in [-0.25, -0.2) is 9.37 Å². The molecule has 0 aliphatic carbocycles. The number of hydrogen-bond donors (Lipinski definition) is 0. The fourth-order valence-corrected chi connectivity index (χ4v) is 5.30. The van der Waals surface area contributed by atoms with Crippen LogP contribution in [0, 0.1) is 5.82 Å². The summed E-state index contributed by atoms with van der Waals surface area (Å²) in [5, 5.41) is 0.577. The largest absolute Gasteiger partial charge is 0.496 e. The third kappa shape index (κ3) is 3.46. The third-order valence-electron chi connectivity index (χ3n) is 5.75. The highest BCUT2D eigenvalue weighted by molar-refractivity contribution is 7.18. The number of carbonyl (C=O) groups excluding carboxylic acids is 1. The second-order valence-electron chi connectivity index (χ2n) is 7.63. The lowest BCUT2D eigenvalue weighted by atomic mass is 10.0. The number of methoxy groups -OCH3 is 1. The van der Waals surface area contributed by atoms with E-state index in [0.29, 0.717) is 46.6 Å². The molecule has 2 aromatic carbocycles. The molecule has 0 bridgehead atoms. The maximum atomic E-state index is 14.1. The molecule has 4 aromatic rings. The summed E-state index contributed by atoms with van der Waals surface area (Å²) in [5.74, 6) is 0.0881. The quantitative estimate of drug-likeness (QED) is 0.475. The minimum Gasteiger partial charge on any atom is -0.496 e. The summed E-state index contributed by atoms with van der Waals surface area (Å²) >= 11 is 1.43. The van der Waals surface area contributed by atoms with E-state index in [0.717, 1.165) is 10.4 Å². The van der Waals surface area contributed by atoms with Crippen LogP contribution in [0.3, 0.4) is 0 Å². The second kappa shape index (κ2) is 8.20. The topological polar surface area (TPSA) is 64.4 Å². The number of nitrogens with zero attached hydrogens (tertiary/aromatic N) is 3. The van der Waals surface area contributed by atoms with Crippen LogP contribution < -0.4 is 10.3 Å². The monoisotopic (exact) mass is 449 g/mol. The van der Waals surface area contributed by atoms with E-state index < -0.39 is 0 Å². The molecule has 1 amide bonds. The van der Waals surface area contributed by atoms with E-state index in [-0.39, 0.29) is 23.8 Å². The van der Waals surface area contributed by atoms with Crippen molar-refractivity contribution in [1.29, 1.82) is 0 Å². The van der Waals surface area contributed by atoms with Gasteiger partial charge in [0.2, 0.25) is 0 Å². The maximum absolute atomic E-state index is 14.1. The summed E-state index contributed by atoms with van der Waals surface area (Å²) in [5.41, 5.74) is 1.72. The first-order valence-electron chi connectivity index (χ1n) is 10.2. The van der Waals surface area contributed by atoms with Crippen molar-refractivity contribution in [3.63, 3.8) is 0 Å². The van der Waals surface area contributed by atoms with Gasteiger partial charge in [0.1, 0.15) is 16.4 Å². The zero-order chi connectivity index (χ0) is 22.2. The number of hydrogen-bond acceptors (Lipinski definition) is 5. The van der Waals surface area contributed by atoms with Crippen molar-refractivity contribution in [1.82, 2.24) is 14.5 Å². The Morgan fingerprint density at radius 1 is 1.19 bits per heavy atom. The fraction of sp³-hybridized carbons (Fsp3) is 0.208. The summed E-state index contributed by atoms with van der Waals surface area (Å²) in [6.45, 7) is 1.04. The molecule has 0 radical (unpaired) electrons. The van der Waals surface area contributed by atoms with Gasteiger partial charge in [0, 0.05) is 17.0 Å². The molecule has 0 spiro atoms. The number of thiophene rings is 1. The van der Waals surface area contributed by atoms with E-state index >= 15 is 0 Å². The van der Waals surface area contributed by atoms with Crippen molar-refractivity contribution in [3.05, 3.63) is 92.6 Å². The molecule has 3 heterocycles. The first kappa shape index (κ1) is 20.4. The van der Waals surface area contributed by atoms with Crippen LogP contribution in [0.1, 0.15) is 26.4 Å². The van der Waals surface area contributed by atoms with Gasteiger partial charge in [-0.05, 0) is 30.2 Å². The van der Waals surface area contributed by atoms with Crippen molar-refractivity contribution >= 4 is 27.5 Å². The number of ether oxygens (including phenoxy) is 1. The lowest BCUT2D eigenvalue weighted by Crippen LogP contribution is -2.35. The maximum Gasteiger partial charge on any atom is 0.262 e. The lowest BCUT2D eigenvalue weighted by Gasteiger charge is -2.27. The van der Waals surface area contributed by atoms with Gasteiger partial charge >= 0.3 is 0 Å². The number of para-hydroxylation sites is 1. The highest BCUT2D eigenvalue weighted by Crippen LogP contribution is 2.33. The number of benzene rings is 2. The lowest BCUT2D eigenvalue weighted by molar-refractivity contribution is 0.0734. The molecule has 0 saturated carbocycles. The Morgan fingerprint density at radius 2 is 1.97 bits per heavy atom. The molecule has 32 heavy (non-hydrogen) atoms. The van der Waals surface area contributed by atoms with Gasteiger partial charge < -0.3 is 9.64 Å². The smallest absolute Gasteiger partial charge is 0.262 e. The molecule has 1 aliphatic rings. The van der Waals surface area contributed by atoms with Crippen molar-refractivity contribution in [3.8, 4) is 5.75 Å². The van der Waals surface area contributed by atoms with Crippen LogP contribution in [0.5, 0.6) is 5.75 Å². The first-order chi connectivity index (χ1) is 15.6. The highest BCUT2D eigenvalue weighted by atomic mass is 32.1.